The number of hydrogen-bond donors (Lipinski definition) is 2. The van der Waals surface area contributed by atoms with E-state index in [0.29, 0.717) is 78.1 Å². The van der Waals surface area contributed by atoms with Crippen molar-refractivity contribution >= 4 is 69.6 Å². The van der Waals surface area contributed by atoms with Crippen LogP contribution in [0.25, 0.3) is 0 Å². The summed E-state index contributed by atoms with van der Waals surface area (Å²) >= 11 is 12.5. The summed E-state index contributed by atoms with van der Waals surface area (Å²) in [5.41, 5.74) is -0.687. The summed E-state index contributed by atoms with van der Waals surface area (Å²) in [6.45, 7) is 1.75. The van der Waals surface area contributed by atoms with Gasteiger partial charge in [0, 0.05) is 32.5 Å². The van der Waals surface area contributed by atoms with Gasteiger partial charge in [-0.05, 0) is 118 Å². The minimum Gasteiger partial charge on any atom is -0.324 e. The number of benzene rings is 4. The number of aliphatic imine (C=N–C) groups is 2. The molecule has 2 unspecified atom stereocenters. The number of hydrogen-bond acceptors (Lipinski definition) is 8. The highest BCUT2D eigenvalue weighted by atomic mass is 35.5. The lowest BCUT2D eigenvalue weighted by Gasteiger charge is -2.46. The van der Waals surface area contributed by atoms with E-state index in [-0.39, 0.29) is 33.9 Å². The van der Waals surface area contributed by atoms with Gasteiger partial charge in [-0.25, -0.2) is 4.39 Å². The number of nitriles is 2. The third-order valence-corrected chi connectivity index (χ3v) is 12.2. The minimum atomic E-state index is -1.81. The smallest absolute Gasteiger partial charge is 0.275 e. The van der Waals surface area contributed by atoms with Gasteiger partial charge >= 0.3 is 0 Å². The molecule has 4 amide bonds. The second kappa shape index (κ2) is 16.0. The lowest BCUT2D eigenvalue weighted by Crippen LogP contribution is -2.69. The number of nitrogens with zero attached hydrogens (tertiary/aromatic N) is 6. The third kappa shape index (κ3) is 7.29. The SMILES string of the molecule is Cc1ccc(NC(=O)C(C(C(=O)Nc2cc(F)cc(C#N)c2)N2C(=O)C(c3ccc(Cl)cc3)=NC23CCCC3)N2C(=O)C(c3ccc(Cl)cc3)=NC23CCCC3)cc1C#N. The lowest BCUT2D eigenvalue weighted by molar-refractivity contribution is -0.152. The Kier molecular flexibility index (Phi) is 10.8. The summed E-state index contributed by atoms with van der Waals surface area (Å²) in [6.07, 6.45) is 3.93. The van der Waals surface area contributed by atoms with Crippen LogP contribution in [-0.4, -0.2) is 68.3 Å². The number of halogens is 3. The molecule has 2 saturated carbocycles. The van der Waals surface area contributed by atoms with Crippen LogP contribution in [0.4, 0.5) is 15.8 Å². The third-order valence-electron chi connectivity index (χ3n) is 11.7. The van der Waals surface area contributed by atoms with E-state index < -0.39 is 52.9 Å². The molecular formula is C45H37Cl2FN8O4. The molecule has 0 saturated heterocycles. The second-order valence-corrected chi connectivity index (χ2v) is 16.4. The summed E-state index contributed by atoms with van der Waals surface area (Å²) in [5.74, 6) is -3.89. The van der Waals surface area contributed by atoms with Crippen molar-refractivity contribution in [1.29, 1.82) is 10.5 Å². The molecule has 12 nitrogen and oxygen atoms in total. The van der Waals surface area contributed by atoms with Gasteiger partial charge in [0.2, 0.25) is 11.8 Å². The molecule has 4 aromatic carbocycles. The average Bonchev–Trinajstić information content (AvgIpc) is 4.02. The van der Waals surface area contributed by atoms with E-state index in [9.17, 15) is 14.9 Å². The van der Waals surface area contributed by atoms with Crippen molar-refractivity contribution < 1.29 is 23.6 Å². The maximum atomic E-state index is 15.4. The van der Waals surface area contributed by atoms with Gasteiger partial charge in [0.15, 0.2) is 0 Å². The topological polar surface area (TPSA) is 171 Å². The number of nitrogens with one attached hydrogen (secondary N) is 2. The minimum absolute atomic E-state index is 0.0432. The van der Waals surface area contributed by atoms with Crippen molar-refractivity contribution in [2.45, 2.75) is 81.7 Å². The van der Waals surface area contributed by atoms with Crippen molar-refractivity contribution in [3.63, 3.8) is 0 Å². The zero-order valence-electron chi connectivity index (χ0n) is 32.3. The van der Waals surface area contributed by atoms with Crippen LogP contribution in [0.3, 0.4) is 0 Å². The van der Waals surface area contributed by atoms with E-state index in [1.165, 1.54) is 21.9 Å². The van der Waals surface area contributed by atoms with E-state index >= 15 is 19.2 Å². The molecule has 2 atom stereocenters. The van der Waals surface area contributed by atoms with Gasteiger partial charge in [-0.3, -0.25) is 39.0 Å². The van der Waals surface area contributed by atoms with Gasteiger partial charge in [0.1, 0.15) is 40.6 Å². The van der Waals surface area contributed by atoms with E-state index in [0.717, 1.165) is 12.1 Å². The Morgan fingerprint density at radius 3 is 1.60 bits per heavy atom. The highest BCUT2D eigenvalue weighted by Gasteiger charge is 2.62. The Labute approximate surface area is 355 Å². The molecule has 2 aliphatic heterocycles. The Morgan fingerprint density at radius 1 is 0.683 bits per heavy atom. The molecule has 4 aliphatic rings. The molecule has 4 aromatic rings. The fraction of sp³-hybridized carbons (Fsp3) is 0.289. The van der Waals surface area contributed by atoms with Gasteiger partial charge in [0.25, 0.3) is 11.8 Å². The van der Waals surface area contributed by atoms with Crippen molar-refractivity contribution in [3.8, 4) is 12.1 Å². The highest BCUT2D eigenvalue weighted by Crippen LogP contribution is 2.47. The Hall–Kier alpha value is -6.41. The first-order chi connectivity index (χ1) is 28.8. The van der Waals surface area contributed by atoms with E-state index in [1.54, 1.807) is 67.6 Å². The van der Waals surface area contributed by atoms with Crippen molar-refractivity contribution in [2.75, 3.05) is 10.6 Å². The standard InChI is InChI=1S/C45H37Cl2FN8O4/c1-26-6-15-34(22-30(26)25-50)51-40(57)38(55-42(59)36(28-7-11-31(46)12-8-28)53-44(55)16-2-3-17-44)39(41(58)52-35-21-27(24-49)20-33(48)23-35)56-43(60)37(29-9-13-32(47)14-10-29)54-45(56)18-4-5-19-45/h6-15,20-23,38-39H,2-5,16-19H2,1H3,(H,51,57)(H,52,58). The fourth-order valence-corrected chi connectivity index (χ4v) is 9.21. The van der Waals surface area contributed by atoms with Crippen molar-refractivity contribution in [2.24, 2.45) is 9.98 Å². The Bertz CT molecular complexity index is 2590. The number of carbonyl (C=O) groups excluding carboxylic acids is 4. The van der Waals surface area contributed by atoms with Crippen LogP contribution < -0.4 is 10.6 Å². The summed E-state index contributed by atoms with van der Waals surface area (Å²) in [5, 5.41) is 26.0. The first-order valence-electron chi connectivity index (χ1n) is 19.6. The molecule has 0 radical (unpaired) electrons. The molecule has 2 fully saturated rings. The Balaban J connectivity index is 1.34. The van der Waals surface area contributed by atoms with Crippen LogP contribution in [0.1, 0.15) is 79.2 Å². The van der Waals surface area contributed by atoms with Crippen LogP contribution in [0.2, 0.25) is 10.0 Å². The average molecular weight is 844 g/mol. The molecule has 0 bridgehead atoms. The first kappa shape index (κ1) is 40.4. The normalized spacial score (nSPS) is 18.6. The molecule has 15 heteroatoms. The van der Waals surface area contributed by atoms with Crippen molar-refractivity contribution in [1.82, 2.24) is 9.80 Å². The number of anilines is 2. The molecule has 2 aliphatic carbocycles. The zero-order chi connectivity index (χ0) is 42.3. The maximum absolute atomic E-state index is 15.4. The quantitative estimate of drug-likeness (QED) is 0.175. The van der Waals surface area contributed by atoms with Crippen LogP contribution in [-0.2, 0) is 19.2 Å². The molecule has 2 spiro atoms. The van der Waals surface area contributed by atoms with E-state index in [2.05, 4.69) is 16.7 Å². The Morgan fingerprint density at radius 2 is 1.15 bits per heavy atom. The summed E-state index contributed by atoms with van der Waals surface area (Å²) < 4.78 is 14.9. The molecule has 2 heterocycles. The van der Waals surface area contributed by atoms with Gasteiger partial charge in [-0.1, -0.05) is 53.5 Å². The molecule has 2 N–H and O–H groups in total. The van der Waals surface area contributed by atoms with Crippen LogP contribution >= 0.6 is 23.2 Å². The molecule has 60 heavy (non-hydrogen) atoms. The molecule has 8 rings (SSSR count). The maximum Gasteiger partial charge on any atom is 0.275 e. The zero-order valence-corrected chi connectivity index (χ0v) is 33.9. The lowest BCUT2D eigenvalue weighted by atomic mass is 9.93. The van der Waals surface area contributed by atoms with Crippen LogP contribution in [0.15, 0.2) is 94.9 Å². The number of aryl methyl sites for hydroxylation is 1. The van der Waals surface area contributed by atoms with Crippen molar-refractivity contribution in [3.05, 3.63) is 129 Å². The van der Waals surface area contributed by atoms with Gasteiger partial charge < -0.3 is 10.6 Å². The predicted octanol–water partition coefficient (Wildman–Crippen LogP) is 7.70. The van der Waals surface area contributed by atoms with E-state index in [4.69, 9.17) is 33.2 Å². The molecule has 302 valence electrons. The molecular weight excluding hydrogens is 806 g/mol. The fourth-order valence-electron chi connectivity index (χ4n) is 8.96. The first-order valence-corrected chi connectivity index (χ1v) is 20.3. The monoisotopic (exact) mass is 842 g/mol. The highest BCUT2D eigenvalue weighted by molar-refractivity contribution is 6.48. The second-order valence-electron chi connectivity index (χ2n) is 15.5. The molecule has 0 aromatic heterocycles. The number of amides is 4. The predicted molar refractivity (Wildman–Crippen MR) is 224 cm³/mol. The van der Waals surface area contributed by atoms with Crippen LogP contribution in [0, 0.1) is 35.4 Å². The van der Waals surface area contributed by atoms with Gasteiger partial charge in [0.05, 0.1) is 23.3 Å². The summed E-state index contributed by atoms with van der Waals surface area (Å²) in [4.78, 5) is 74.0. The van der Waals surface area contributed by atoms with Gasteiger partial charge in [-0.15, -0.1) is 0 Å². The summed E-state index contributed by atoms with van der Waals surface area (Å²) in [7, 11) is 0. The number of carbonyl (C=O) groups is 4. The summed E-state index contributed by atoms with van der Waals surface area (Å²) in [6, 6.07) is 21.6. The van der Waals surface area contributed by atoms with E-state index in [1.807, 2.05) is 6.07 Å². The van der Waals surface area contributed by atoms with Crippen LogP contribution in [0.5, 0.6) is 0 Å². The largest absolute Gasteiger partial charge is 0.324 e. The number of rotatable bonds is 9. The van der Waals surface area contributed by atoms with Gasteiger partial charge in [-0.2, -0.15) is 10.5 Å².